The molecule has 1 fully saturated rings. The van der Waals surface area contributed by atoms with Crippen LogP contribution in [0.4, 0.5) is 0 Å². The van der Waals surface area contributed by atoms with Gasteiger partial charge in [-0.1, -0.05) is 0 Å². The van der Waals surface area contributed by atoms with Gasteiger partial charge in [0.05, 0.1) is 0 Å². The van der Waals surface area contributed by atoms with Crippen molar-refractivity contribution in [3.05, 3.63) is 0 Å². The maximum Gasteiger partial charge on any atom is 0.137 e. The lowest BCUT2D eigenvalue weighted by molar-refractivity contribution is -0.120. The quantitative estimate of drug-likeness (QED) is 0.580. The average molecular weight is 141 g/mol. The fourth-order valence-electron chi connectivity index (χ4n) is 0.943. The van der Waals surface area contributed by atoms with Gasteiger partial charge in [-0.05, 0) is 26.9 Å². The zero-order valence-electron chi connectivity index (χ0n) is 6.76. The molecule has 1 rings (SSSR count). The monoisotopic (exact) mass is 141 g/mol. The van der Waals surface area contributed by atoms with E-state index >= 15 is 0 Å². The van der Waals surface area contributed by atoms with E-state index < -0.39 is 0 Å². The summed E-state index contributed by atoms with van der Waals surface area (Å²) in [7, 11) is 4.00. The van der Waals surface area contributed by atoms with E-state index in [-0.39, 0.29) is 0 Å². The highest BCUT2D eigenvalue weighted by Crippen LogP contribution is 2.30. The molecule has 0 N–H and O–H groups in total. The molecule has 0 bridgehead atoms. The number of hydrogen-bond acceptors (Lipinski definition) is 2. The van der Waals surface area contributed by atoms with Crippen molar-refractivity contribution >= 4 is 5.78 Å². The zero-order valence-corrected chi connectivity index (χ0v) is 6.76. The van der Waals surface area contributed by atoms with Crippen molar-refractivity contribution in [2.24, 2.45) is 5.92 Å². The van der Waals surface area contributed by atoms with Crippen LogP contribution in [0.5, 0.6) is 0 Å². The minimum Gasteiger partial charge on any atom is -0.309 e. The Morgan fingerprint density at radius 2 is 2.10 bits per heavy atom. The van der Waals surface area contributed by atoms with E-state index in [4.69, 9.17) is 0 Å². The van der Waals surface area contributed by atoms with Gasteiger partial charge in [-0.15, -0.1) is 0 Å². The molecule has 0 saturated heterocycles. The summed E-state index contributed by atoms with van der Waals surface area (Å²) in [4.78, 5) is 13.1. The van der Waals surface area contributed by atoms with Gasteiger partial charge in [-0.2, -0.15) is 0 Å². The smallest absolute Gasteiger partial charge is 0.137 e. The molecule has 1 aliphatic rings. The van der Waals surface area contributed by atoms with E-state index in [1.165, 1.54) is 0 Å². The van der Waals surface area contributed by atoms with Gasteiger partial charge >= 0.3 is 0 Å². The predicted octanol–water partition coefficient (Wildman–Crippen LogP) is 0.917. The van der Waals surface area contributed by atoms with E-state index in [0.29, 0.717) is 11.7 Å². The van der Waals surface area contributed by atoms with Gasteiger partial charge in [0, 0.05) is 18.9 Å². The van der Waals surface area contributed by atoms with Crippen LogP contribution in [0, 0.1) is 5.92 Å². The molecular weight excluding hydrogens is 126 g/mol. The van der Waals surface area contributed by atoms with Crippen molar-refractivity contribution in [1.82, 2.24) is 4.90 Å². The lowest BCUT2D eigenvalue weighted by atomic mass is 10.2. The highest BCUT2D eigenvalue weighted by atomic mass is 16.1. The normalized spacial score (nSPS) is 17.9. The highest BCUT2D eigenvalue weighted by Gasteiger charge is 2.28. The molecular formula is C8H15NO. The molecule has 0 aromatic carbocycles. The first-order valence-corrected chi connectivity index (χ1v) is 3.87. The Bertz CT molecular complexity index is 127. The molecule has 0 aromatic rings. The van der Waals surface area contributed by atoms with Gasteiger partial charge in [0.2, 0.25) is 0 Å². The van der Waals surface area contributed by atoms with Crippen LogP contribution < -0.4 is 0 Å². The first-order chi connectivity index (χ1) is 4.70. The summed E-state index contributed by atoms with van der Waals surface area (Å²) >= 11 is 0. The lowest BCUT2D eigenvalue weighted by Gasteiger charge is -2.06. The van der Waals surface area contributed by atoms with E-state index in [9.17, 15) is 4.79 Å². The van der Waals surface area contributed by atoms with Crippen molar-refractivity contribution in [3.8, 4) is 0 Å². The predicted molar refractivity (Wildman–Crippen MR) is 40.9 cm³/mol. The lowest BCUT2D eigenvalue weighted by Crippen LogP contribution is -2.17. The van der Waals surface area contributed by atoms with Crippen molar-refractivity contribution in [2.45, 2.75) is 19.3 Å². The highest BCUT2D eigenvalue weighted by molar-refractivity contribution is 5.83. The van der Waals surface area contributed by atoms with Crippen molar-refractivity contribution in [2.75, 3.05) is 20.6 Å². The first kappa shape index (κ1) is 7.73. The molecule has 2 heteroatoms. The number of Topliss-reactive ketones (excluding diaryl/α,β-unsaturated/α-hetero) is 1. The summed E-state index contributed by atoms with van der Waals surface area (Å²) < 4.78 is 0. The van der Waals surface area contributed by atoms with Gasteiger partial charge in [0.15, 0.2) is 0 Å². The standard InChI is InChI=1S/C8H15NO/c1-9(2)6-5-8(10)7-3-4-7/h7H,3-6H2,1-2H3. The fourth-order valence-corrected chi connectivity index (χ4v) is 0.943. The van der Waals surface area contributed by atoms with Crippen LogP contribution in [0.3, 0.4) is 0 Å². The van der Waals surface area contributed by atoms with Gasteiger partial charge in [-0.3, -0.25) is 4.79 Å². The largest absolute Gasteiger partial charge is 0.309 e. The topological polar surface area (TPSA) is 20.3 Å². The van der Waals surface area contributed by atoms with Gasteiger partial charge < -0.3 is 4.90 Å². The molecule has 1 aliphatic carbocycles. The maximum absolute atomic E-state index is 11.1. The summed E-state index contributed by atoms with van der Waals surface area (Å²) in [5.41, 5.74) is 0. The molecule has 0 spiro atoms. The number of ketones is 1. The molecule has 58 valence electrons. The van der Waals surface area contributed by atoms with Crippen LogP contribution in [0.2, 0.25) is 0 Å². The van der Waals surface area contributed by atoms with E-state index in [1.54, 1.807) is 0 Å². The second-order valence-electron chi connectivity index (χ2n) is 3.29. The zero-order chi connectivity index (χ0) is 7.56. The van der Waals surface area contributed by atoms with Gasteiger partial charge in [0.1, 0.15) is 5.78 Å². The molecule has 1 saturated carbocycles. The Kier molecular flexibility index (Phi) is 2.44. The molecule has 0 aromatic heterocycles. The number of carbonyl (C=O) groups is 1. The van der Waals surface area contributed by atoms with Crippen LogP contribution in [0.15, 0.2) is 0 Å². The van der Waals surface area contributed by atoms with Crippen molar-refractivity contribution < 1.29 is 4.79 Å². The molecule has 0 aliphatic heterocycles. The van der Waals surface area contributed by atoms with Crippen LogP contribution >= 0.6 is 0 Å². The minimum atomic E-state index is 0.444. The second-order valence-corrected chi connectivity index (χ2v) is 3.29. The number of rotatable bonds is 4. The number of hydrogen-bond donors (Lipinski definition) is 0. The van der Waals surface area contributed by atoms with Crippen LogP contribution in [0.1, 0.15) is 19.3 Å². The first-order valence-electron chi connectivity index (χ1n) is 3.87. The van der Waals surface area contributed by atoms with Crippen LogP contribution in [-0.4, -0.2) is 31.3 Å². The summed E-state index contributed by atoms with van der Waals surface area (Å²) in [6, 6.07) is 0. The Hall–Kier alpha value is -0.370. The molecule has 10 heavy (non-hydrogen) atoms. The molecule has 0 amide bonds. The van der Waals surface area contributed by atoms with E-state index in [1.807, 2.05) is 14.1 Å². The maximum atomic E-state index is 11.1. The average Bonchev–Trinajstić information content (AvgIpc) is 2.63. The van der Waals surface area contributed by atoms with Crippen LogP contribution in [-0.2, 0) is 4.79 Å². The third-order valence-corrected chi connectivity index (χ3v) is 1.84. The summed E-state index contributed by atoms with van der Waals surface area (Å²) in [6.07, 6.45) is 3.04. The Morgan fingerprint density at radius 1 is 1.50 bits per heavy atom. The molecule has 2 nitrogen and oxygen atoms in total. The Labute approximate surface area is 62.2 Å². The fraction of sp³-hybridized carbons (Fsp3) is 0.875. The Balaban J connectivity index is 2.06. The number of nitrogens with zero attached hydrogens (tertiary/aromatic N) is 1. The van der Waals surface area contributed by atoms with E-state index in [0.717, 1.165) is 25.8 Å². The molecule has 0 radical (unpaired) electrons. The molecule has 0 atom stereocenters. The summed E-state index contributed by atoms with van der Waals surface area (Å²) in [5.74, 6) is 0.911. The van der Waals surface area contributed by atoms with Crippen LogP contribution in [0.25, 0.3) is 0 Å². The number of carbonyl (C=O) groups excluding carboxylic acids is 1. The second kappa shape index (κ2) is 3.15. The SMILES string of the molecule is CN(C)CCC(=O)C1CC1. The third-order valence-electron chi connectivity index (χ3n) is 1.84. The minimum absolute atomic E-state index is 0.444. The Morgan fingerprint density at radius 3 is 2.50 bits per heavy atom. The van der Waals surface area contributed by atoms with Gasteiger partial charge in [0.25, 0.3) is 0 Å². The summed E-state index contributed by atoms with van der Waals surface area (Å²) in [5, 5.41) is 0. The van der Waals surface area contributed by atoms with E-state index in [2.05, 4.69) is 4.90 Å². The molecule has 0 unspecified atom stereocenters. The van der Waals surface area contributed by atoms with Crippen molar-refractivity contribution in [1.29, 1.82) is 0 Å². The summed E-state index contributed by atoms with van der Waals surface area (Å²) in [6.45, 7) is 0.912. The third kappa shape index (κ3) is 2.48. The van der Waals surface area contributed by atoms with Gasteiger partial charge in [-0.25, -0.2) is 0 Å². The molecule has 0 heterocycles. The van der Waals surface area contributed by atoms with Crippen molar-refractivity contribution in [3.63, 3.8) is 0 Å².